The number of thiol groups is 1. The summed E-state index contributed by atoms with van der Waals surface area (Å²) in [4.78, 5) is 53.5. The van der Waals surface area contributed by atoms with Crippen molar-refractivity contribution < 1.29 is 24.3 Å². The summed E-state index contributed by atoms with van der Waals surface area (Å²) < 4.78 is 0. The molecule has 15 heteroatoms. The number of thioether (sulfide) groups is 1. The molecule has 0 spiro atoms. The van der Waals surface area contributed by atoms with E-state index in [9.17, 15) is 24.3 Å². The molecule has 0 rings (SSSR count). The van der Waals surface area contributed by atoms with Crippen molar-refractivity contribution in [1.29, 1.82) is 0 Å². The molecule has 0 aliphatic heterocycles. The molecule has 0 aliphatic rings. The van der Waals surface area contributed by atoms with Crippen LogP contribution < -0.4 is 38.9 Å². The van der Waals surface area contributed by atoms with Gasteiger partial charge in [-0.1, -0.05) is 6.42 Å². The van der Waals surface area contributed by atoms with E-state index in [4.69, 9.17) is 22.9 Å². The molecule has 0 fully saturated rings. The Kier molecular flexibility index (Phi) is 17.8. The van der Waals surface area contributed by atoms with Crippen LogP contribution >= 0.6 is 24.4 Å². The Labute approximate surface area is 215 Å². The average Bonchev–Trinajstić information content (AvgIpc) is 2.81. The lowest BCUT2D eigenvalue weighted by Crippen LogP contribution is -2.57. The number of nitrogens with zero attached hydrogens (tertiary/aromatic N) is 1. The molecule has 0 aromatic carbocycles. The van der Waals surface area contributed by atoms with Crippen LogP contribution in [-0.4, -0.2) is 89.8 Å². The van der Waals surface area contributed by atoms with Crippen molar-refractivity contribution in [3.63, 3.8) is 0 Å². The second-order valence-electron chi connectivity index (χ2n) is 7.83. The predicted molar refractivity (Wildman–Crippen MR) is 141 cm³/mol. The maximum absolute atomic E-state index is 13.1. The van der Waals surface area contributed by atoms with Crippen LogP contribution in [0.15, 0.2) is 4.99 Å². The number of carboxylic acid groups (broad SMARTS) is 1. The van der Waals surface area contributed by atoms with Gasteiger partial charge < -0.3 is 44.0 Å². The van der Waals surface area contributed by atoms with E-state index in [0.29, 0.717) is 31.6 Å². The summed E-state index contributed by atoms with van der Waals surface area (Å²) in [7, 11) is 0. The van der Waals surface area contributed by atoms with Gasteiger partial charge >= 0.3 is 5.97 Å². The van der Waals surface area contributed by atoms with Crippen LogP contribution in [0.3, 0.4) is 0 Å². The van der Waals surface area contributed by atoms with Crippen LogP contribution in [0.4, 0.5) is 0 Å². The van der Waals surface area contributed by atoms with Crippen molar-refractivity contribution >= 4 is 54.0 Å². The third-order valence-electron chi connectivity index (χ3n) is 4.93. The zero-order valence-corrected chi connectivity index (χ0v) is 21.8. The van der Waals surface area contributed by atoms with E-state index in [0.717, 1.165) is 6.42 Å². The SMILES string of the molecule is CSCCC(NC(=O)C(CCCN=C(N)N)NC(=O)C(N)CCCCN)C(=O)NC(CS)C(=O)O. The van der Waals surface area contributed by atoms with E-state index < -0.39 is 47.9 Å². The number of nitrogens with one attached hydrogen (secondary N) is 3. The number of rotatable bonds is 19. The summed E-state index contributed by atoms with van der Waals surface area (Å²) >= 11 is 5.40. The van der Waals surface area contributed by atoms with Crippen molar-refractivity contribution in [3.8, 4) is 0 Å². The molecule has 202 valence electrons. The number of nitrogens with two attached hydrogens (primary N) is 4. The molecule has 0 aromatic rings. The van der Waals surface area contributed by atoms with Gasteiger partial charge in [-0.05, 0) is 50.7 Å². The second kappa shape index (κ2) is 19.0. The molecule has 4 atom stereocenters. The molecule has 0 aromatic heterocycles. The van der Waals surface area contributed by atoms with Gasteiger partial charge in [0, 0.05) is 12.3 Å². The van der Waals surface area contributed by atoms with Crippen molar-refractivity contribution in [2.24, 2.45) is 27.9 Å². The number of carbonyl (C=O) groups excluding carboxylic acids is 3. The highest BCUT2D eigenvalue weighted by Crippen LogP contribution is 2.06. The zero-order chi connectivity index (χ0) is 26.8. The zero-order valence-electron chi connectivity index (χ0n) is 20.1. The highest BCUT2D eigenvalue weighted by molar-refractivity contribution is 7.98. The lowest BCUT2D eigenvalue weighted by molar-refractivity contribution is -0.141. The van der Waals surface area contributed by atoms with Crippen LogP contribution in [0.1, 0.15) is 38.5 Å². The summed E-state index contributed by atoms with van der Waals surface area (Å²) in [6, 6.07) is -4.04. The van der Waals surface area contributed by atoms with E-state index in [2.05, 4.69) is 33.6 Å². The Morgan fingerprint density at radius 3 is 2.00 bits per heavy atom. The summed E-state index contributed by atoms with van der Waals surface area (Å²) in [5.41, 5.74) is 22.1. The molecular weight excluding hydrogens is 496 g/mol. The maximum atomic E-state index is 13.1. The highest BCUT2D eigenvalue weighted by Gasteiger charge is 2.29. The standard InChI is InChI=1S/C20H40N8O5S2/c1-35-10-7-14(18(31)28-15(11-34)19(32)33)27-17(30)13(6-4-9-25-20(23)24)26-16(29)12(22)5-2-3-8-21/h12-15,34H,2-11,21-22H2,1H3,(H,26,29)(H,27,30)(H,28,31)(H,32,33)(H4,23,24,25). The van der Waals surface area contributed by atoms with Crippen LogP contribution in [0.2, 0.25) is 0 Å². The number of hydrogen-bond acceptors (Lipinski definition) is 9. The lowest BCUT2D eigenvalue weighted by Gasteiger charge is -2.25. The molecule has 0 saturated carbocycles. The van der Waals surface area contributed by atoms with E-state index in [1.54, 1.807) is 0 Å². The Bertz CT molecular complexity index is 709. The Morgan fingerprint density at radius 2 is 1.49 bits per heavy atom. The number of aliphatic carboxylic acids is 1. The Morgan fingerprint density at radius 1 is 0.914 bits per heavy atom. The summed E-state index contributed by atoms with van der Waals surface area (Å²) in [5.74, 6) is -2.68. The predicted octanol–water partition coefficient (Wildman–Crippen LogP) is -2.28. The molecule has 0 aliphatic carbocycles. The summed E-state index contributed by atoms with van der Waals surface area (Å²) in [5, 5.41) is 16.8. The van der Waals surface area contributed by atoms with Crippen molar-refractivity contribution in [2.45, 2.75) is 62.7 Å². The van der Waals surface area contributed by atoms with Gasteiger partial charge in [0.05, 0.1) is 6.04 Å². The van der Waals surface area contributed by atoms with Gasteiger partial charge in [-0.2, -0.15) is 24.4 Å². The molecule has 35 heavy (non-hydrogen) atoms. The number of carbonyl (C=O) groups is 4. The first-order valence-corrected chi connectivity index (χ1v) is 13.3. The monoisotopic (exact) mass is 536 g/mol. The molecule has 3 amide bonds. The van der Waals surface area contributed by atoms with Gasteiger partial charge in [0.2, 0.25) is 17.7 Å². The molecule has 0 saturated heterocycles. The maximum Gasteiger partial charge on any atom is 0.327 e. The van der Waals surface area contributed by atoms with Crippen molar-refractivity contribution in [3.05, 3.63) is 0 Å². The fourth-order valence-corrected chi connectivity index (χ4v) is 3.64. The minimum Gasteiger partial charge on any atom is -0.480 e. The first kappa shape index (κ1) is 32.8. The third-order valence-corrected chi connectivity index (χ3v) is 5.93. The number of guanidine groups is 1. The number of amides is 3. The van der Waals surface area contributed by atoms with Gasteiger partial charge in [-0.25, -0.2) is 4.79 Å². The van der Waals surface area contributed by atoms with Crippen LogP contribution in [-0.2, 0) is 19.2 Å². The van der Waals surface area contributed by atoms with Gasteiger partial charge in [-0.3, -0.25) is 19.4 Å². The quantitative estimate of drug-likeness (QED) is 0.0370. The number of unbranched alkanes of at least 4 members (excludes halogenated alkanes) is 1. The first-order valence-electron chi connectivity index (χ1n) is 11.3. The van der Waals surface area contributed by atoms with Crippen LogP contribution in [0.25, 0.3) is 0 Å². The molecule has 0 bridgehead atoms. The summed E-state index contributed by atoms with van der Waals surface area (Å²) in [6.45, 7) is 0.725. The second-order valence-corrected chi connectivity index (χ2v) is 9.18. The van der Waals surface area contributed by atoms with Gasteiger partial charge in [0.1, 0.15) is 18.1 Å². The molecule has 4 unspecified atom stereocenters. The highest BCUT2D eigenvalue weighted by atomic mass is 32.2. The fourth-order valence-electron chi connectivity index (χ4n) is 2.93. The summed E-state index contributed by atoms with van der Waals surface area (Å²) in [6.07, 6.45) is 4.45. The van der Waals surface area contributed by atoms with E-state index >= 15 is 0 Å². The van der Waals surface area contributed by atoms with E-state index in [1.165, 1.54) is 11.8 Å². The fraction of sp³-hybridized carbons (Fsp3) is 0.750. The van der Waals surface area contributed by atoms with Gasteiger partial charge in [0.25, 0.3) is 0 Å². The third kappa shape index (κ3) is 14.7. The minimum atomic E-state index is -1.24. The largest absolute Gasteiger partial charge is 0.480 e. The first-order chi connectivity index (χ1) is 16.6. The number of hydrogen-bond donors (Lipinski definition) is 9. The van der Waals surface area contributed by atoms with Crippen molar-refractivity contribution in [1.82, 2.24) is 16.0 Å². The smallest absolute Gasteiger partial charge is 0.327 e. The van der Waals surface area contributed by atoms with E-state index in [-0.39, 0.29) is 31.1 Å². The molecule has 0 radical (unpaired) electrons. The number of aliphatic imine (C=N–C) groups is 1. The molecule has 13 nitrogen and oxygen atoms in total. The molecule has 0 heterocycles. The van der Waals surface area contributed by atoms with Crippen molar-refractivity contribution in [2.75, 3.05) is 30.9 Å². The normalized spacial score (nSPS) is 14.2. The van der Waals surface area contributed by atoms with Gasteiger partial charge in [0.15, 0.2) is 5.96 Å². The Balaban J connectivity index is 5.43. The molecule has 12 N–H and O–H groups in total. The van der Waals surface area contributed by atoms with E-state index in [1.807, 2.05) is 6.26 Å². The van der Waals surface area contributed by atoms with Crippen LogP contribution in [0.5, 0.6) is 0 Å². The van der Waals surface area contributed by atoms with Crippen LogP contribution in [0, 0.1) is 0 Å². The minimum absolute atomic E-state index is 0.0945. The molecular formula is C20H40N8O5S2. The average molecular weight is 537 g/mol. The topological polar surface area (TPSA) is 241 Å². The number of carboxylic acids is 1. The lowest BCUT2D eigenvalue weighted by atomic mass is 10.1. The Hall–Kier alpha value is -2.23. The van der Waals surface area contributed by atoms with Gasteiger partial charge in [-0.15, -0.1) is 0 Å².